The van der Waals surface area contributed by atoms with E-state index in [1.165, 1.54) is 31.4 Å². The van der Waals surface area contributed by atoms with Crippen LogP contribution in [0.1, 0.15) is 50.6 Å². The van der Waals surface area contributed by atoms with Gasteiger partial charge in [-0.15, -0.1) is 0 Å². The number of aromatic nitrogens is 2. The molecule has 1 aromatic carbocycles. The molecule has 0 aliphatic heterocycles. The molecule has 1 aliphatic rings. The molecule has 0 radical (unpaired) electrons. The Morgan fingerprint density at radius 3 is 2.80 bits per heavy atom. The van der Waals surface area contributed by atoms with Crippen LogP contribution in [0.3, 0.4) is 0 Å². The molecule has 7 heteroatoms. The molecule has 2 N–H and O–H groups in total. The zero-order chi connectivity index (χ0) is 21.3. The van der Waals surface area contributed by atoms with Gasteiger partial charge in [-0.2, -0.15) is 5.10 Å². The predicted octanol–water partition coefficient (Wildman–Crippen LogP) is 3.69. The maximum absolute atomic E-state index is 13.4. The highest BCUT2D eigenvalue weighted by molar-refractivity contribution is 5.84. The SMILES string of the molecule is CN(CCCc1cc(-c2cccc(F)c2)n[nH]1)C(=O)CNC(=O)CC1CCCCC1. The molecule has 1 aromatic heterocycles. The standard InChI is InChI=1S/C23H31FN4O2/c1-28(23(30)16-25-22(29)13-17-7-3-2-4-8-17)12-6-11-20-15-21(27-26-20)18-9-5-10-19(24)14-18/h5,9-10,14-15,17H,2-4,6-8,11-13,16H2,1H3,(H,25,29)(H,26,27). The number of carbonyl (C=O) groups is 2. The lowest BCUT2D eigenvalue weighted by atomic mass is 9.87. The molecule has 1 heterocycles. The summed E-state index contributed by atoms with van der Waals surface area (Å²) >= 11 is 0. The summed E-state index contributed by atoms with van der Waals surface area (Å²) in [5.41, 5.74) is 2.37. The zero-order valence-electron chi connectivity index (χ0n) is 17.6. The largest absolute Gasteiger partial charge is 0.347 e. The maximum atomic E-state index is 13.4. The zero-order valence-corrected chi connectivity index (χ0v) is 17.6. The van der Waals surface area contributed by atoms with Crippen molar-refractivity contribution in [1.29, 1.82) is 0 Å². The number of carbonyl (C=O) groups excluding carboxylic acids is 2. The van der Waals surface area contributed by atoms with Crippen molar-refractivity contribution in [3.05, 3.63) is 41.8 Å². The van der Waals surface area contributed by atoms with Crippen molar-refractivity contribution in [3.8, 4) is 11.3 Å². The Balaban J connectivity index is 1.35. The third kappa shape index (κ3) is 6.68. The van der Waals surface area contributed by atoms with Crippen molar-refractivity contribution in [3.63, 3.8) is 0 Å². The van der Waals surface area contributed by atoms with Crippen LogP contribution in [0.4, 0.5) is 4.39 Å². The van der Waals surface area contributed by atoms with E-state index in [0.717, 1.165) is 36.9 Å². The molecule has 6 nitrogen and oxygen atoms in total. The number of aryl methyl sites for hydroxylation is 1. The van der Waals surface area contributed by atoms with Gasteiger partial charge in [0.2, 0.25) is 11.8 Å². The fourth-order valence-electron chi connectivity index (χ4n) is 3.95. The third-order valence-electron chi connectivity index (χ3n) is 5.75. The smallest absolute Gasteiger partial charge is 0.241 e. The number of H-pyrrole nitrogens is 1. The first-order valence-electron chi connectivity index (χ1n) is 10.8. The second kappa shape index (κ2) is 10.9. The van der Waals surface area contributed by atoms with E-state index in [-0.39, 0.29) is 24.2 Å². The second-order valence-corrected chi connectivity index (χ2v) is 8.19. The Kier molecular flexibility index (Phi) is 7.99. The molecule has 1 fully saturated rings. The molecule has 1 saturated carbocycles. The van der Waals surface area contributed by atoms with Gasteiger partial charge in [0.05, 0.1) is 12.2 Å². The first-order valence-corrected chi connectivity index (χ1v) is 10.8. The highest BCUT2D eigenvalue weighted by atomic mass is 19.1. The summed E-state index contributed by atoms with van der Waals surface area (Å²) in [5.74, 6) is 0.0734. The van der Waals surface area contributed by atoms with Gasteiger partial charge in [-0.1, -0.05) is 31.4 Å². The molecule has 2 aromatic rings. The van der Waals surface area contributed by atoms with Crippen LogP contribution in [0.25, 0.3) is 11.3 Å². The van der Waals surface area contributed by atoms with E-state index in [4.69, 9.17) is 0 Å². The average molecular weight is 415 g/mol. The summed E-state index contributed by atoms with van der Waals surface area (Å²) in [6, 6.07) is 8.24. The Morgan fingerprint density at radius 2 is 2.03 bits per heavy atom. The number of rotatable bonds is 9. The lowest BCUT2D eigenvalue weighted by molar-refractivity contribution is -0.132. The molecular formula is C23H31FN4O2. The summed E-state index contributed by atoms with van der Waals surface area (Å²) in [6.45, 7) is 0.640. The summed E-state index contributed by atoms with van der Waals surface area (Å²) in [6.07, 6.45) is 7.96. The topological polar surface area (TPSA) is 78.1 Å². The fraction of sp³-hybridized carbons (Fsp3) is 0.522. The number of amides is 2. The average Bonchev–Trinajstić information content (AvgIpc) is 3.21. The van der Waals surface area contributed by atoms with Crippen molar-refractivity contribution < 1.29 is 14.0 Å². The molecular weight excluding hydrogens is 383 g/mol. The molecule has 3 rings (SSSR count). The van der Waals surface area contributed by atoms with Crippen molar-refractivity contribution in [2.45, 2.75) is 51.4 Å². The van der Waals surface area contributed by atoms with Crippen LogP contribution in [-0.4, -0.2) is 47.0 Å². The van der Waals surface area contributed by atoms with Gasteiger partial charge >= 0.3 is 0 Å². The predicted molar refractivity (Wildman–Crippen MR) is 114 cm³/mol. The minimum Gasteiger partial charge on any atom is -0.347 e. The van der Waals surface area contributed by atoms with Gasteiger partial charge in [0.1, 0.15) is 5.82 Å². The summed E-state index contributed by atoms with van der Waals surface area (Å²) in [4.78, 5) is 26.0. The fourth-order valence-corrected chi connectivity index (χ4v) is 3.95. The monoisotopic (exact) mass is 414 g/mol. The highest BCUT2D eigenvalue weighted by Crippen LogP contribution is 2.26. The molecule has 162 valence electrons. The van der Waals surface area contributed by atoms with Gasteiger partial charge in [0.25, 0.3) is 0 Å². The molecule has 1 aliphatic carbocycles. The van der Waals surface area contributed by atoms with Crippen LogP contribution in [0, 0.1) is 11.7 Å². The van der Waals surface area contributed by atoms with Crippen molar-refractivity contribution >= 4 is 11.8 Å². The van der Waals surface area contributed by atoms with Gasteiger partial charge < -0.3 is 10.2 Å². The van der Waals surface area contributed by atoms with Crippen molar-refractivity contribution in [2.75, 3.05) is 20.1 Å². The Bertz CT molecular complexity index is 845. The van der Waals surface area contributed by atoms with Crippen LogP contribution < -0.4 is 5.32 Å². The quantitative estimate of drug-likeness (QED) is 0.657. The first-order chi connectivity index (χ1) is 14.5. The normalized spacial score (nSPS) is 14.5. The van der Waals surface area contributed by atoms with E-state index in [9.17, 15) is 14.0 Å². The van der Waals surface area contributed by atoms with Crippen molar-refractivity contribution in [1.82, 2.24) is 20.4 Å². The third-order valence-corrected chi connectivity index (χ3v) is 5.75. The number of likely N-dealkylation sites (N-methyl/N-ethyl adjacent to an activating group) is 1. The lowest BCUT2D eigenvalue weighted by Gasteiger charge is -2.21. The number of nitrogens with one attached hydrogen (secondary N) is 2. The number of halogens is 1. The Morgan fingerprint density at radius 1 is 1.23 bits per heavy atom. The van der Waals surface area contributed by atoms with Gasteiger partial charge in [-0.25, -0.2) is 4.39 Å². The molecule has 0 atom stereocenters. The van der Waals surface area contributed by atoms with Crippen LogP contribution in [0.5, 0.6) is 0 Å². The molecule has 0 bridgehead atoms. The van der Waals surface area contributed by atoms with E-state index in [1.54, 1.807) is 18.0 Å². The molecule has 0 unspecified atom stereocenters. The number of nitrogens with zero attached hydrogens (tertiary/aromatic N) is 2. The first kappa shape index (κ1) is 22.0. The lowest BCUT2D eigenvalue weighted by Crippen LogP contribution is -2.39. The van der Waals surface area contributed by atoms with E-state index in [0.29, 0.717) is 24.6 Å². The number of benzene rings is 1. The van der Waals surface area contributed by atoms with E-state index >= 15 is 0 Å². The Labute approximate surface area is 177 Å². The van der Waals surface area contributed by atoms with Gasteiger partial charge in [-0.3, -0.25) is 14.7 Å². The van der Waals surface area contributed by atoms with Crippen LogP contribution in [0.15, 0.2) is 30.3 Å². The number of hydrogen-bond donors (Lipinski definition) is 2. The molecule has 0 saturated heterocycles. The second-order valence-electron chi connectivity index (χ2n) is 8.19. The van der Waals surface area contributed by atoms with Gasteiger partial charge in [-0.05, 0) is 49.8 Å². The summed E-state index contributed by atoms with van der Waals surface area (Å²) in [7, 11) is 1.75. The van der Waals surface area contributed by atoms with E-state index < -0.39 is 0 Å². The van der Waals surface area contributed by atoms with E-state index in [2.05, 4.69) is 15.5 Å². The number of aromatic amines is 1. The minimum absolute atomic E-state index is 0.0222. The maximum Gasteiger partial charge on any atom is 0.241 e. The van der Waals surface area contributed by atoms with Crippen LogP contribution in [0.2, 0.25) is 0 Å². The van der Waals surface area contributed by atoms with Crippen molar-refractivity contribution in [2.24, 2.45) is 5.92 Å². The molecule has 2 amide bonds. The number of hydrogen-bond acceptors (Lipinski definition) is 3. The van der Waals surface area contributed by atoms with E-state index in [1.807, 2.05) is 12.1 Å². The summed E-state index contributed by atoms with van der Waals surface area (Å²) < 4.78 is 13.4. The van der Waals surface area contributed by atoms with Gasteiger partial charge in [0.15, 0.2) is 0 Å². The summed E-state index contributed by atoms with van der Waals surface area (Å²) in [5, 5.41) is 9.98. The minimum atomic E-state index is -0.289. The van der Waals surface area contributed by atoms with Crippen LogP contribution >= 0.6 is 0 Å². The molecule has 30 heavy (non-hydrogen) atoms. The molecule has 0 spiro atoms. The highest BCUT2D eigenvalue weighted by Gasteiger charge is 2.18. The van der Waals surface area contributed by atoms with Gasteiger partial charge in [0, 0.05) is 31.3 Å². The van der Waals surface area contributed by atoms with Crippen LogP contribution in [-0.2, 0) is 16.0 Å². The Hall–Kier alpha value is -2.70.